The minimum atomic E-state index is -0.138. The predicted octanol–water partition coefficient (Wildman–Crippen LogP) is 5.60. The molecule has 3 aromatic heterocycles. The summed E-state index contributed by atoms with van der Waals surface area (Å²) < 4.78 is 0. The van der Waals surface area contributed by atoms with Crippen LogP contribution in [-0.4, -0.2) is 23.3 Å². The molecule has 4 heterocycles. The van der Waals surface area contributed by atoms with Crippen molar-refractivity contribution in [3.63, 3.8) is 0 Å². The van der Waals surface area contributed by atoms with E-state index in [0.717, 1.165) is 22.6 Å². The average Bonchev–Trinajstić information content (AvgIpc) is 3.33. The van der Waals surface area contributed by atoms with Gasteiger partial charge in [-0.3, -0.25) is 14.5 Å². The molecule has 1 aliphatic heterocycles. The van der Waals surface area contributed by atoms with Crippen LogP contribution in [0, 0.1) is 0 Å². The van der Waals surface area contributed by atoms with Crippen molar-refractivity contribution < 1.29 is 9.59 Å². The van der Waals surface area contributed by atoms with Gasteiger partial charge in [-0.05, 0) is 36.1 Å². The summed E-state index contributed by atoms with van der Waals surface area (Å²) in [5.41, 5.74) is 0.571. The van der Waals surface area contributed by atoms with Crippen molar-refractivity contribution in [1.29, 1.82) is 0 Å². The molecule has 122 valence electrons. The lowest BCUT2D eigenvalue weighted by atomic mass is 10.2. The third-order valence-electron chi connectivity index (χ3n) is 4.00. The molecule has 0 aromatic carbocycles. The zero-order valence-corrected chi connectivity index (χ0v) is 15.5. The van der Waals surface area contributed by atoms with Crippen molar-refractivity contribution in [2.24, 2.45) is 0 Å². The lowest BCUT2D eigenvalue weighted by Crippen LogP contribution is -2.30. The Morgan fingerprint density at radius 1 is 0.958 bits per heavy atom. The molecule has 3 nitrogen and oxygen atoms in total. The molecule has 0 N–H and O–H groups in total. The molecule has 0 spiro atoms. The monoisotopic (exact) mass is 373 g/mol. The fourth-order valence-electron chi connectivity index (χ4n) is 2.73. The first-order valence-electron chi connectivity index (χ1n) is 7.83. The number of carbonyl (C=O) groups is 2. The number of imide groups is 1. The van der Waals surface area contributed by atoms with Crippen molar-refractivity contribution in [2.45, 2.75) is 19.8 Å². The third kappa shape index (κ3) is 2.55. The number of unbranched alkanes of at least 4 members (excludes halogenated alkanes) is 1. The SMILES string of the molecule is CCCCN1C(=O)c2cc(-c3ccc(-c4cccs4)s3)sc2C1=O. The van der Waals surface area contributed by atoms with Crippen LogP contribution in [0.1, 0.15) is 39.8 Å². The average molecular weight is 374 g/mol. The maximum absolute atomic E-state index is 12.5. The summed E-state index contributed by atoms with van der Waals surface area (Å²) >= 11 is 4.85. The van der Waals surface area contributed by atoms with Gasteiger partial charge in [0.15, 0.2) is 0 Å². The van der Waals surface area contributed by atoms with E-state index in [2.05, 4.69) is 30.5 Å². The molecule has 0 radical (unpaired) electrons. The fourth-order valence-corrected chi connectivity index (χ4v) is 5.75. The van der Waals surface area contributed by atoms with E-state index in [1.807, 2.05) is 12.1 Å². The minimum absolute atomic E-state index is 0.130. The molecule has 0 fully saturated rings. The van der Waals surface area contributed by atoms with Gasteiger partial charge in [-0.1, -0.05) is 19.4 Å². The molecule has 4 rings (SSSR count). The zero-order valence-electron chi connectivity index (χ0n) is 13.1. The summed E-state index contributed by atoms with van der Waals surface area (Å²) in [4.78, 5) is 31.5. The van der Waals surface area contributed by atoms with E-state index in [1.165, 1.54) is 26.0 Å². The quantitative estimate of drug-likeness (QED) is 0.546. The Morgan fingerprint density at radius 3 is 2.42 bits per heavy atom. The molecule has 0 bridgehead atoms. The van der Waals surface area contributed by atoms with Crippen LogP contribution in [0.4, 0.5) is 0 Å². The van der Waals surface area contributed by atoms with E-state index in [9.17, 15) is 9.59 Å². The Hall–Kier alpha value is -1.76. The topological polar surface area (TPSA) is 37.4 Å². The highest BCUT2D eigenvalue weighted by Crippen LogP contribution is 2.42. The Morgan fingerprint density at radius 2 is 1.75 bits per heavy atom. The van der Waals surface area contributed by atoms with E-state index in [1.54, 1.807) is 22.7 Å². The van der Waals surface area contributed by atoms with Gasteiger partial charge < -0.3 is 0 Å². The molecular weight excluding hydrogens is 358 g/mol. The van der Waals surface area contributed by atoms with Crippen LogP contribution in [0.2, 0.25) is 0 Å². The first-order chi connectivity index (χ1) is 11.7. The Labute approximate surface area is 152 Å². The van der Waals surface area contributed by atoms with Crippen LogP contribution in [0.25, 0.3) is 19.5 Å². The molecule has 3 aromatic rings. The second kappa shape index (κ2) is 6.27. The second-order valence-electron chi connectivity index (χ2n) is 5.61. The van der Waals surface area contributed by atoms with Gasteiger partial charge >= 0.3 is 0 Å². The summed E-state index contributed by atoms with van der Waals surface area (Å²) in [5.74, 6) is -0.268. The number of hydrogen-bond donors (Lipinski definition) is 0. The maximum atomic E-state index is 12.5. The van der Waals surface area contributed by atoms with Crippen LogP contribution in [0.5, 0.6) is 0 Å². The molecule has 2 amide bonds. The van der Waals surface area contributed by atoms with Crippen LogP contribution >= 0.6 is 34.0 Å². The van der Waals surface area contributed by atoms with Crippen molar-refractivity contribution in [3.8, 4) is 19.5 Å². The number of amides is 2. The molecule has 6 heteroatoms. The maximum Gasteiger partial charge on any atom is 0.271 e. The Balaban J connectivity index is 1.63. The van der Waals surface area contributed by atoms with Crippen molar-refractivity contribution in [3.05, 3.63) is 46.2 Å². The zero-order chi connectivity index (χ0) is 16.7. The standard InChI is InChI=1S/C18H15NO2S3/c1-2-3-8-19-17(20)11-10-15(24-16(11)18(19)21)14-7-6-13(23-14)12-5-4-9-22-12/h4-7,9-10H,2-3,8H2,1H3. The highest BCUT2D eigenvalue weighted by Gasteiger charge is 2.37. The summed E-state index contributed by atoms with van der Waals surface area (Å²) in [6.07, 6.45) is 1.82. The van der Waals surface area contributed by atoms with Gasteiger partial charge in [0.05, 0.1) is 5.56 Å². The van der Waals surface area contributed by atoms with E-state index < -0.39 is 0 Å². The lowest BCUT2D eigenvalue weighted by Gasteiger charge is -2.12. The number of thiophene rings is 3. The largest absolute Gasteiger partial charge is 0.274 e. The van der Waals surface area contributed by atoms with E-state index in [-0.39, 0.29) is 11.8 Å². The summed E-state index contributed by atoms with van der Waals surface area (Å²) in [6, 6.07) is 10.2. The highest BCUT2D eigenvalue weighted by atomic mass is 32.1. The molecule has 0 unspecified atom stereocenters. The first-order valence-corrected chi connectivity index (χ1v) is 10.3. The predicted molar refractivity (Wildman–Crippen MR) is 101 cm³/mol. The van der Waals surface area contributed by atoms with Gasteiger partial charge in [0.25, 0.3) is 11.8 Å². The van der Waals surface area contributed by atoms with Crippen LogP contribution in [0.15, 0.2) is 35.7 Å². The van der Waals surface area contributed by atoms with Crippen molar-refractivity contribution >= 4 is 45.8 Å². The van der Waals surface area contributed by atoms with Crippen LogP contribution in [0.3, 0.4) is 0 Å². The summed E-state index contributed by atoms with van der Waals surface area (Å²) in [5, 5.41) is 2.07. The molecule has 1 aliphatic rings. The molecule has 0 saturated carbocycles. The normalized spacial score (nSPS) is 13.8. The van der Waals surface area contributed by atoms with Gasteiger partial charge in [-0.25, -0.2) is 0 Å². The Kier molecular flexibility index (Phi) is 4.12. The lowest BCUT2D eigenvalue weighted by molar-refractivity contribution is 0.0653. The van der Waals surface area contributed by atoms with Crippen LogP contribution in [-0.2, 0) is 0 Å². The number of rotatable bonds is 5. The second-order valence-corrected chi connectivity index (χ2v) is 8.69. The van der Waals surface area contributed by atoms with Gasteiger partial charge in [0.2, 0.25) is 0 Å². The van der Waals surface area contributed by atoms with Crippen molar-refractivity contribution in [1.82, 2.24) is 4.90 Å². The summed E-state index contributed by atoms with van der Waals surface area (Å²) in [6.45, 7) is 2.58. The summed E-state index contributed by atoms with van der Waals surface area (Å²) in [7, 11) is 0. The van der Waals surface area contributed by atoms with Gasteiger partial charge in [-0.2, -0.15) is 0 Å². The number of nitrogens with zero attached hydrogens (tertiary/aromatic N) is 1. The first kappa shape index (κ1) is 15.7. The van der Waals surface area contributed by atoms with E-state index >= 15 is 0 Å². The van der Waals surface area contributed by atoms with Crippen molar-refractivity contribution in [2.75, 3.05) is 6.54 Å². The fraction of sp³-hybridized carbons (Fsp3) is 0.222. The molecular formula is C18H15NO2S3. The Bertz CT molecular complexity index is 871. The number of fused-ring (bicyclic) bond motifs is 1. The van der Waals surface area contributed by atoms with E-state index in [0.29, 0.717) is 17.0 Å². The van der Waals surface area contributed by atoms with E-state index in [4.69, 9.17) is 0 Å². The van der Waals surface area contributed by atoms with Crippen LogP contribution < -0.4 is 0 Å². The smallest absolute Gasteiger partial charge is 0.271 e. The molecule has 0 atom stereocenters. The molecule has 0 saturated heterocycles. The highest BCUT2D eigenvalue weighted by molar-refractivity contribution is 7.26. The molecule has 0 aliphatic carbocycles. The van der Waals surface area contributed by atoms with Gasteiger partial charge in [0, 0.05) is 26.1 Å². The minimum Gasteiger partial charge on any atom is -0.274 e. The number of hydrogen-bond acceptors (Lipinski definition) is 5. The van der Waals surface area contributed by atoms with Gasteiger partial charge in [-0.15, -0.1) is 34.0 Å². The number of carbonyl (C=O) groups excluding carboxylic acids is 2. The molecule has 24 heavy (non-hydrogen) atoms. The van der Waals surface area contributed by atoms with Gasteiger partial charge in [0.1, 0.15) is 4.88 Å². The third-order valence-corrected chi connectivity index (χ3v) is 7.46.